The van der Waals surface area contributed by atoms with Crippen molar-refractivity contribution in [2.45, 2.75) is 97.2 Å². The van der Waals surface area contributed by atoms with Crippen LogP contribution in [0.4, 0.5) is 4.39 Å². The van der Waals surface area contributed by atoms with Crippen LogP contribution in [-0.2, 0) is 19.1 Å². The van der Waals surface area contributed by atoms with Gasteiger partial charge >= 0.3 is 5.97 Å². The summed E-state index contributed by atoms with van der Waals surface area (Å²) in [6, 6.07) is -0.495. The lowest BCUT2D eigenvalue weighted by molar-refractivity contribution is -0.169. The minimum absolute atomic E-state index is 0.0486. The Bertz CT molecular complexity index is 601. The van der Waals surface area contributed by atoms with Gasteiger partial charge in [0.25, 0.3) is 5.67 Å². The Morgan fingerprint density at radius 3 is 2.50 bits per heavy atom. The molecule has 8 atom stereocenters. The molecule has 0 radical (unpaired) electrons. The van der Waals surface area contributed by atoms with E-state index in [1.54, 1.807) is 6.92 Å². The standard InChI is InChI=1S/C24H45FN2O5/c1-8-20-16(3)9-10-27(7)13-15(2)11-17(4)21(31-14-19(28)18(5)26)12-22(29)24(6,25)23(30)32-20/h15-21,28H,8-14,26H2,1-7H3/t15-,16-,17+,18?,19?,20-,21-,24?/m1/s1. The number of aliphatic hydroxyl groups excluding tert-OH is 1. The van der Waals surface area contributed by atoms with Gasteiger partial charge in [-0.25, -0.2) is 9.18 Å². The van der Waals surface area contributed by atoms with Gasteiger partial charge in [0.1, 0.15) is 6.10 Å². The maximum atomic E-state index is 15.4. The third-order valence-corrected chi connectivity index (χ3v) is 6.68. The first-order valence-electron chi connectivity index (χ1n) is 12.0. The molecule has 1 fully saturated rings. The Hall–Kier alpha value is -1.09. The van der Waals surface area contributed by atoms with E-state index in [0.29, 0.717) is 12.3 Å². The van der Waals surface area contributed by atoms with Crippen molar-refractivity contribution in [2.75, 3.05) is 26.7 Å². The van der Waals surface area contributed by atoms with Crippen LogP contribution in [0.2, 0.25) is 0 Å². The Morgan fingerprint density at radius 2 is 1.94 bits per heavy atom. The number of esters is 1. The van der Waals surface area contributed by atoms with E-state index in [9.17, 15) is 14.7 Å². The summed E-state index contributed by atoms with van der Waals surface area (Å²) in [6.45, 7) is 12.3. The quantitative estimate of drug-likeness (QED) is 0.480. The molecule has 32 heavy (non-hydrogen) atoms. The lowest BCUT2D eigenvalue weighted by Crippen LogP contribution is -2.46. The van der Waals surface area contributed by atoms with Crippen LogP contribution in [0.1, 0.15) is 67.2 Å². The average Bonchev–Trinajstić information content (AvgIpc) is 2.71. The van der Waals surface area contributed by atoms with Crippen LogP contribution in [0.25, 0.3) is 0 Å². The molecule has 0 aliphatic carbocycles. The summed E-state index contributed by atoms with van der Waals surface area (Å²) >= 11 is 0. The number of carbonyl (C=O) groups is 2. The number of aliphatic hydroxyl groups is 1. The third-order valence-electron chi connectivity index (χ3n) is 6.68. The highest BCUT2D eigenvalue weighted by atomic mass is 19.1. The predicted molar refractivity (Wildman–Crippen MR) is 123 cm³/mol. The van der Waals surface area contributed by atoms with Crippen LogP contribution in [0, 0.1) is 17.8 Å². The normalized spacial score (nSPS) is 36.6. The fourth-order valence-electron chi connectivity index (χ4n) is 4.23. The zero-order valence-corrected chi connectivity index (χ0v) is 21.0. The second-order valence-corrected chi connectivity index (χ2v) is 10.1. The predicted octanol–water partition coefficient (Wildman–Crippen LogP) is 2.72. The van der Waals surface area contributed by atoms with Crippen molar-refractivity contribution < 1.29 is 28.6 Å². The second-order valence-electron chi connectivity index (χ2n) is 10.1. The molecule has 0 aromatic carbocycles. The number of rotatable bonds is 5. The van der Waals surface area contributed by atoms with Crippen molar-refractivity contribution in [3.63, 3.8) is 0 Å². The van der Waals surface area contributed by atoms with Gasteiger partial charge in [-0.05, 0) is 64.5 Å². The number of cyclic esters (lactones) is 1. The molecule has 0 aromatic heterocycles. The molecule has 1 saturated heterocycles. The minimum atomic E-state index is -2.75. The highest BCUT2D eigenvalue weighted by Crippen LogP contribution is 2.27. The average molecular weight is 461 g/mol. The Balaban J connectivity index is 3.14. The van der Waals surface area contributed by atoms with E-state index in [-0.39, 0.29) is 24.9 Å². The molecular formula is C24H45FN2O5. The van der Waals surface area contributed by atoms with E-state index in [1.807, 2.05) is 20.8 Å². The van der Waals surface area contributed by atoms with Gasteiger partial charge in [-0.1, -0.05) is 27.7 Å². The highest BCUT2D eigenvalue weighted by molar-refractivity contribution is 6.06. The summed E-state index contributed by atoms with van der Waals surface area (Å²) in [6.07, 6.45) is -0.143. The van der Waals surface area contributed by atoms with Crippen LogP contribution in [-0.4, -0.2) is 78.5 Å². The number of nitrogens with zero attached hydrogens (tertiary/aromatic N) is 1. The van der Waals surface area contributed by atoms with Crippen molar-refractivity contribution in [1.29, 1.82) is 0 Å². The van der Waals surface area contributed by atoms with Gasteiger partial charge in [0.15, 0.2) is 5.78 Å². The van der Waals surface area contributed by atoms with E-state index >= 15 is 4.39 Å². The number of Topliss-reactive ketones (excluding diaryl/α,β-unsaturated/α-hetero) is 1. The fourth-order valence-corrected chi connectivity index (χ4v) is 4.23. The number of ether oxygens (including phenoxy) is 2. The molecule has 8 heteroatoms. The van der Waals surface area contributed by atoms with Crippen LogP contribution in [0.15, 0.2) is 0 Å². The molecule has 0 bridgehead atoms. The fraction of sp³-hybridized carbons (Fsp3) is 0.917. The molecule has 0 spiro atoms. The van der Waals surface area contributed by atoms with E-state index in [4.69, 9.17) is 15.2 Å². The first kappa shape index (κ1) is 28.9. The number of ketones is 1. The lowest BCUT2D eigenvalue weighted by atomic mass is 9.87. The molecule has 1 aliphatic rings. The number of nitrogens with two attached hydrogens (primary N) is 1. The zero-order chi connectivity index (χ0) is 24.6. The Kier molecular flexibility index (Phi) is 11.7. The smallest absolute Gasteiger partial charge is 0.351 e. The van der Waals surface area contributed by atoms with Crippen LogP contribution in [0.3, 0.4) is 0 Å². The topological polar surface area (TPSA) is 102 Å². The van der Waals surface area contributed by atoms with E-state index < -0.39 is 41.8 Å². The van der Waals surface area contributed by atoms with Crippen LogP contribution in [0.5, 0.6) is 0 Å². The lowest BCUT2D eigenvalue weighted by Gasteiger charge is -2.30. The Morgan fingerprint density at radius 1 is 1.31 bits per heavy atom. The second kappa shape index (κ2) is 13.0. The summed E-state index contributed by atoms with van der Waals surface area (Å²) in [5, 5.41) is 10.0. The monoisotopic (exact) mass is 460 g/mol. The molecule has 1 heterocycles. The molecular weight excluding hydrogens is 415 g/mol. The van der Waals surface area contributed by atoms with Gasteiger partial charge in [0, 0.05) is 19.0 Å². The molecule has 0 amide bonds. The van der Waals surface area contributed by atoms with Crippen LogP contribution >= 0.6 is 0 Å². The maximum absolute atomic E-state index is 15.4. The molecule has 3 N–H and O–H groups in total. The zero-order valence-electron chi connectivity index (χ0n) is 21.0. The largest absolute Gasteiger partial charge is 0.459 e. The first-order valence-corrected chi connectivity index (χ1v) is 12.0. The van der Waals surface area contributed by atoms with E-state index in [1.165, 1.54) is 0 Å². The summed E-state index contributed by atoms with van der Waals surface area (Å²) in [7, 11) is 2.06. The summed E-state index contributed by atoms with van der Waals surface area (Å²) < 4.78 is 26.7. The van der Waals surface area contributed by atoms with Gasteiger partial charge in [-0.3, -0.25) is 4.79 Å². The number of alkyl halides is 1. The van der Waals surface area contributed by atoms with Crippen molar-refractivity contribution in [2.24, 2.45) is 23.5 Å². The van der Waals surface area contributed by atoms with Crippen molar-refractivity contribution in [3.05, 3.63) is 0 Å². The van der Waals surface area contributed by atoms with E-state index in [2.05, 4.69) is 18.9 Å². The first-order chi connectivity index (χ1) is 14.8. The summed E-state index contributed by atoms with van der Waals surface area (Å²) in [5.41, 5.74) is 2.96. The van der Waals surface area contributed by atoms with Gasteiger partial charge in [0.2, 0.25) is 0 Å². The maximum Gasteiger partial charge on any atom is 0.351 e. The third kappa shape index (κ3) is 8.69. The van der Waals surface area contributed by atoms with Crippen molar-refractivity contribution in [3.8, 4) is 0 Å². The molecule has 0 aromatic rings. The SMILES string of the molecule is CC[C@H]1OC(=O)C(C)(F)C(=O)C[C@@H](OCC(O)C(C)N)[C@@H](C)C[C@@H](C)CN(C)CC[C@H]1C. The number of hydrogen-bond acceptors (Lipinski definition) is 7. The summed E-state index contributed by atoms with van der Waals surface area (Å²) in [4.78, 5) is 27.8. The molecule has 1 rings (SSSR count). The van der Waals surface area contributed by atoms with Gasteiger partial charge in [-0.15, -0.1) is 0 Å². The highest BCUT2D eigenvalue weighted by Gasteiger charge is 2.45. The number of carbonyl (C=O) groups excluding carboxylic acids is 2. The summed E-state index contributed by atoms with van der Waals surface area (Å²) in [5.74, 6) is -1.71. The van der Waals surface area contributed by atoms with Gasteiger partial charge in [-0.2, -0.15) is 0 Å². The number of halogens is 1. The molecule has 1 aliphatic heterocycles. The van der Waals surface area contributed by atoms with Crippen molar-refractivity contribution in [1.82, 2.24) is 4.90 Å². The van der Waals surface area contributed by atoms with Crippen molar-refractivity contribution >= 4 is 11.8 Å². The Labute approximate surface area is 193 Å². The van der Waals surface area contributed by atoms with Gasteiger partial charge < -0.3 is 25.2 Å². The molecule has 188 valence electrons. The number of hydrogen-bond donors (Lipinski definition) is 2. The minimum Gasteiger partial charge on any atom is -0.459 e. The molecule has 3 unspecified atom stereocenters. The van der Waals surface area contributed by atoms with Gasteiger partial charge in [0.05, 0.1) is 18.8 Å². The molecule has 0 saturated carbocycles. The van der Waals surface area contributed by atoms with E-state index in [0.717, 1.165) is 32.9 Å². The van der Waals surface area contributed by atoms with Crippen LogP contribution < -0.4 is 5.73 Å². The molecule has 7 nitrogen and oxygen atoms in total.